The fraction of sp³-hybridized carbons (Fsp3) is 0.333. The van der Waals surface area contributed by atoms with E-state index in [-0.39, 0.29) is 18.2 Å². The van der Waals surface area contributed by atoms with Gasteiger partial charge in [0.15, 0.2) is 0 Å². The van der Waals surface area contributed by atoms with Crippen LogP contribution in [0.3, 0.4) is 0 Å². The molecule has 0 aromatic heterocycles. The van der Waals surface area contributed by atoms with Crippen LogP contribution in [0, 0.1) is 0 Å². The van der Waals surface area contributed by atoms with Gasteiger partial charge in [0.1, 0.15) is 17.5 Å². The molecule has 37 heavy (non-hydrogen) atoms. The quantitative estimate of drug-likeness (QED) is 0.251. The van der Waals surface area contributed by atoms with Crippen LogP contribution in [0.5, 0.6) is 11.5 Å². The second-order valence-corrected chi connectivity index (χ2v) is 9.69. The van der Waals surface area contributed by atoms with Crippen LogP contribution in [0.1, 0.15) is 37.3 Å². The largest absolute Gasteiger partial charge is 0.497 e. The number of ether oxygens (including phenoxy) is 2. The topological polar surface area (TPSA) is 67.9 Å². The molecule has 6 nitrogen and oxygen atoms in total. The summed E-state index contributed by atoms with van der Waals surface area (Å²) in [5.74, 6) is 1.27. The number of carbonyl (C=O) groups excluding carboxylic acids is 2. The molecule has 196 valence electrons. The highest BCUT2D eigenvalue weighted by molar-refractivity contribution is 9.10. The van der Waals surface area contributed by atoms with Crippen molar-refractivity contribution in [1.82, 2.24) is 10.2 Å². The van der Waals surface area contributed by atoms with Crippen molar-refractivity contribution < 1.29 is 19.1 Å². The highest BCUT2D eigenvalue weighted by Crippen LogP contribution is 2.20. The maximum atomic E-state index is 13.6. The minimum absolute atomic E-state index is 0.0779. The van der Waals surface area contributed by atoms with Gasteiger partial charge in [0, 0.05) is 30.4 Å². The summed E-state index contributed by atoms with van der Waals surface area (Å²) in [5.41, 5.74) is 1.97. The van der Waals surface area contributed by atoms with E-state index in [1.54, 1.807) is 12.0 Å². The molecule has 0 aliphatic heterocycles. The van der Waals surface area contributed by atoms with Crippen molar-refractivity contribution >= 4 is 27.7 Å². The van der Waals surface area contributed by atoms with Gasteiger partial charge in [-0.15, -0.1) is 0 Å². The Balaban J connectivity index is 1.75. The van der Waals surface area contributed by atoms with Gasteiger partial charge < -0.3 is 19.7 Å². The third kappa shape index (κ3) is 9.25. The summed E-state index contributed by atoms with van der Waals surface area (Å²) in [6.45, 7) is 3.32. The number of carbonyl (C=O) groups is 2. The first-order chi connectivity index (χ1) is 18.0. The van der Waals surface area contributed by atoms with E-state index in [1.165, 1.54) is 0 Å². The van der Waals surface area contributed by atoms with E-state index in [4.69, 9.17) is 9.47 Å². The van der Waals surface area contributed by atoms with Gasteiger partial charge in [-0.1, -0.05) is 65.3 Å². The highest BCUT2D eigenvalue weighted by atomic mass is 79.9. The van der Waals surface area contributed by atoms with Crippen molar-refractivity contribution in [3.05, 3.63) is 94.5 Å². The predicted molar refractivity (Wildman–Crippen MR) is 150 cm³/mol. The third-order valence-electron chi connectivity index (χ3n) is 5.93. The minimum Gasteiger partial charge on any atom is -0.497 e. The Hall–Kier alpha value is -3.32. The normalized spacial score (nSPS) is 11.4. The van der Waals surface area contributed by atoms with Crippen molar-refractivity contribution in [2.45, 2.75) is 45.2 Å². The molecule has 1 atom stereocenters. The molecule has 0 radical (unpaired) electrons. The van der Waals surface area contributed by atoms with Crippen LogP contribution >= 0.6 is 15.9 Å². The molecule has 0 saturated heterocycles. The summed E-state index contributed by atoms with van der Waals surface area (Å²) in [5, 5.41) is 3.01. The number of amides is 2. The molecular formula is C30H35BrN2O4. The van der Waals surface area contributed by atoms with Crippen molar-refractivity contribution in [2.24, 2.45) is 0 Å². The van der Waals surface area contributed by atoms with Crippen LogP contribution in [0.2, 0.25) is 0 Å². The lowest BCUT2D eigenvalue weighted by Crippen LogP contribution is -2.50. The molecule has 3 aromatic carbocycles. The van der Waals surface area contributed by atoms with Gasteiger partial charge in [-0.3, -0.25) is 9.59 Å². The van der Waals surface area contributed by atoms with Crippen LogP contribution in [0.15, 0.2) is 83.3 Å². The lowest BCUT2D eigenvalue weighted by Gasteiger charge is -2.31. The summed E-state index contributed by atoms with van der Waals surface area (Å²) < 4.78 is 11.9. The molecule has 0 heterocycles. The van der Waals surface area contributed by atoms with Crippen LogP contribution in [0.25, 0.3) is 0 Å². The Kier molecular flexibility index (Phi) is 11.5. The maximum Gasteiger partial charge on any atom is 0.243 e. The van der Waals surface area contributed by atoms with Gasteiger partial charge in [-0.05, 0) is 60.4 Å². The molecular weight excluding hydrogens is 532 g/mol. The number of nitrogens with one attached hydrogen (secondary N) is 1. The number of hydrogen-bond acceptors (Lipinski definition) is 4. The lowest BCUT2D eigenvalue weighted by molar-refractivity contribution is -0.141. The van der Waals surface area contributed by atoms with Crippen molar-refractivity contribution in [2.75, 3.05) is 20.3 Å². The van der Waals surface area contributed by atoms with E-state index in [0.717, 1.165) is 33.5 Å². The van der Waals surface area contributed by atoms with E-state index in [1.807, 2.05) is 85.8 Å². The maximum absolute atomic E-state index is 13.6. The van der Waals surface area contributed by atoms with Gasteiger partial charge in [-0.25, -0.2) is 0 Å². The first-order valence-electron chi connectivity index (χ1n) is 12.6. The van der Waals surface area contributed by atoms with Crippen molar-refractivity contribution in [3.63, 3.8) is 0 Å². The molecule has 0 spiro atoms. The van der Waals surface area contributed by atoms with Crippen LogP contribution < -0.4 is 14.8 Å². The molecule has 3 rings (SSSR count). The Morgan fingerprint density at radius 2 is 1.65 bits per heavy atom. The number of methoxy groups -OCH3 is 1. The van der Waals surface area contributed by atoms with Crippen LogP contribution in [-0.4, -0.2) is 43.0 Å². The van der Waals surface area contributed by atoms with Crippen molar-refractivity contribution in [1.29, 1.82) is 0 Å². The van der Waals surface area contributed by atoms with Gasteiger partial charge >= 0.3 is 0 Å². The summed E-state index contributed by atoms with van der Waals surface area (Å²) in [7, 11) is 1.62. The number of benzene rings is 3. The fourth-order valence-electron chi connectivity index (χ4n) is 3.98. The molecule has 0 saturated carbocycles. The zero-order valence-corrected chi connectivity index (χ0v) is 23.1. The van der Waals surface area contributed by atoms with E-state index in [9.17, 15) is 9.59 Å². The average Bonchev–Trinajstić information content (AvgIpc) is 2.92. The monoisotopic (exact) mass is 566 g/mol. The van der Waals surface area contributed by atoms with Gasteiger partial charge in [-0.2, -0.15) is 0 Å². The number of hydrogen-bond donors (Lipinski definition) is 1. The predicted octanol–water partition coefficient (Wildman–Crippen LogP) is 5.78. The van der Waals surface area contributed by atoms with E-state index in [2.05, 4.69) is 21.2 Å². The number of nitrogens with zero attached hydrogens (tertiary/aromatic N) is 1. The second-order valence-electron chi connectivity index (χ2n) is 8.78. The van der Waals surface area contributed by atoms with Crippen LogP contribution in [0.4, 0.5) is 0 Å². The average molecular weight is 568 g/mol. The van der Waals surface area contributed by atoms with Gasteiger partial charge in [0.05, 0.1) is 13.7 Å². The zero-order valence-electron chi connectivity index (χ0n) is 21.5. The fourth-order valence-corrected chi connectivity index (χ4v) is 4.43. The lowest BCUT2D eigenvalue weighted by atomic mass is 10.0. The highest BCUT2D eigenvalue weighted by Gasteiger charge is 2.30. The third-order valence-corrected chi connectivity index (χ3v) is 6.42. The molecule has 0 bridgehead atoms. The van der Waals surface area contributed by atoms with E-state index >= 15 is 0 Å². The Labute approximate surface area is 228 Å². The molecule has 2 amide bonds. The smallest absolute Gasteiger partial charge is 0.243 e. The standard InChI is InChI=1S/C30H35BrN2O4/c1-3-18-32-30(35)28(21-23-9-5-4-6-10-23)33(22-24-11-7-12-25(31)20-24)29(34)13-8-19-37-27-16-14-26(36-2)15-17-27/h4-7,9-12,14-17,20,28H,3,8,13,18-19,21-22H2,1-2H3,(H,32,35). The Bertz CT molecular complexity index is 1120. The molecule has 1 N–H and O–H groups in total. The summed E-state index contributed by atoms with van der Waals surface area (Å²) >= 11 is 3.52. The molecule has 0 fully saturated rings. The number of halogens is 1. The van der Waals surface area contributed by atoms with Gasteiger partial charge in [0.2, 0.25) is 11.8 Å². The zero-order chi connectivity index (χ0) is 26.5. The molecule has 3 aromatic rings. The summed E-state index contributed by atoms with van der Waals surface area (Å²) in [4.78, 5) is 28.6. The van der Waals surface area contributed by atoms with E-state index in [0.29, 0.717) is 32.5 Å². The number of rotatable bonds is 14. The van der Waals surface area contributed by atoms with Gasteiger partial charge in [0.25, 0.3) is 0 Å². The Morgan fingerprint density at radius 1 is 0.946 bits per heavy atom. The molecule has 7 heteroatoms. The first kappa shape index (κ1) is 28.3. The Morgan fingerprint density at radius 3 is 2.32 bits per heavy atom. The first-order valence-corrected chi connectivity index (χ1v) is 13.4. The molecule has 1 unspecified atom stereocenters. The van der Waals surface area contributed by atoms with E-state index < -0.39 is 6.04 Å². The van der Waals surface area contributed by atoms with Crippen LogP contribution in [-0.2, 0) is 22.6 Å². The summed E-state index contributed by atoms with van der Waals surface area (Å²) in [6.07, 6.45) is 2.08. The minimum atomic E-state index is -0.622. The SMILES string of the molecule is CCCNC(=O)C(Cc1ccccc1)N(Cc1cccc(Br)c1)C(=O)CCCOc1ccc(OC)cc1. The second kappa shape index (κ2) is 15.1. The molecule has 0 aliphatic rings. The summed E-state index contributed by atoms with van der Waals surface area (Å²) in [6, 6.07) is 24.4. The molecule has 0 aliphatic carbocycles. The van der Waals surface area contributed by atoms with Crippen molar-refractivity contribution in [3.8, 4) is 11.5 Å².